The van der Waals surface area contributed by atoms with Gasteiger partial charge in [-0.05, 0) is 61.9 Å². The second-order valence-electron chi connectivity index (χ2n) is 6.74. The van der Waals surface area contributed by atoms with Crippen molar-refractivity contribution in [3.05, 3.63) is 83.4 Å². The van der Waals surface area contributed by atoms with Crippen LogP contribution < -0.4 is 15.0 Å². The first-order valence-electron chi connectivity index (χ1n) is 9.65. The second-order valence-corrected chi connectivity index (χ2v) is 7.18. The number of ether oxygens (including phenoxy) is 1. The van der Waals surface area contributed by atoms with Gasteiger partial charge < -0.3 is 15.0 Å². The highest BCUT2D eigenvalue weighted by Crippen LogP contribution is 2.34. The Bertz CT molecular complexity index is 973. The number of benzene rings is 3. The molecule has 3 aromatic rings. The highest BCUT2D eigenvalue weighted by atomic mass is 35.5. The molecule has 0 aliphatic carbocycles. The van der Waals surface area contributed by atoms with E-state index in [2.05, 4.69) is 12.2 Å². The molecule has 5 heteroatoms. The van der Waals surface area contributed by atoms with Gasteiger partial charge in [0.15, 0.2) is 5.75 Å². The van der Waals surface area contributed by atoms with Crippen LogP contribution in [0.1, 0.15) is 32.4 Å². The predicted molar refractivity (Wildman–Crippen MR) is 120 cm³/mol. The summed E-state index contributed by atoms with van der Waals surface area (Å²) in [6.45, 7) is 6.26. The van der Waals surface area contributed by atoms with Gasteiger partial charge in [0.25, 0.3) is 0 Å². The van der Waals surface area contributed by atoms with Gasteiger partial charge in [0, 0.05) is 24.2 Å². The van der Waals surface area contributed by atoms with Crippen molar-refractivity contribution in [2.45, 2.75) is 26.8 Å². The Labute approximate surface area is 177 Å². The summed E-state index contributed by atoms with van der Waals surface area (Å²) in [6, 6.07) is 23.0. The van der Waals surface area contributed by atoms with E-state index in [1.807, 2.05) is 67.6 Å². The van der Waals surface area contributed by atoms with Gasteiger partial charge in [-0.25, -0.2) is 0 Å². The molecule has 0 heterocycles. The van der Waals surface area contributed by atoms with Crippen LogP contribution >= 0.6 is 11.6 Å². The number of para-hydroxylation sites is 3. The first kappa shape index (κ1) is 20.7. The summed E-state index contributed by atoms with van der Waals surface area (Å²) in [5.74, 6) is 1.46. The minimum Gasteiger partial charge on any atom is -0.455 e. The minimum atomic E-state index is -0.0328. The van der Waals surface area contributed by atoms with E-state index in [4.69, 9.17) is 16.3 Å². The zero-order valence-corrected chi connectivity index (χ0v) is 17.6. The van der Waals surface area contributed by atoms with E-state index >= 15 is 0 Å². The zero-order chi connectivity index (χ0) is 20.8. The van der Waals surface area contributed by atoms with Gasteiger partial charge in [0.1, 0.15) is 5.75 Å². The van der Waals surface area contributed by atoms with Crippen LogP contribution in [0.3, 0.4) is 0 Å². The van der Waals surface area contributed by atoms with Crippen LogP contribution in [0.25, 0.3) is 0 Å². The van der Waals surface area contributed by atoms with Gasteiger partial charge in [0.05, 0.1) is 11.7 Å². The van der Waals surface area contributed by atoms with Crippen molar-refractivity contribution in [2.24, 2.45) is 0 Å². The third kappa shape index (κ3) is 5.09. The fourth-order valence-corrected chi connectivity index (χ4v) is 3.40. The number of amides is 1. The molecular formula is C24H25ClN2O2. The largest absolute Gasteiger partial charge is 0.455 e. The average Bonchev–Trinajstić information content (AvgIpc) is 2.72. The molecule has 0 aromatic heterocycles. The van der Waals surface area contributed by atoms with Crippen LogP contribution in [0, 0.1) is 0 Å². The summed E-state index contributed by atoms with van der Waals surface area (Å²) in [5, 5.41) is 4.19. The standard InChI is InChI=1S/C24H25ClN2O2/c1-4-27(18(3)28)23-11-7-5-9-21(23)17(2)26-22-10-6-8-12-24(22)29-20-15-13-19(25)14-16-20/h5-17,26H,4H2,1-3H3. The van der Waals surface area contributed by atoms with Crippen LogP contribution in [0.2, 0.25) is 5.02 Å². The molecule has 0 fully saturated rings. The Morgan fingerprint density at radius 1 is 1.03 bits per heavy atom. The molecule has 0 bridgehead atoms. The van der Waals surface area contributed by atoms with Gasteiger partial charge in [-0.15, -0.1) is 0 Å². The zero-order valence-electron chi connectivity index (χ0n) is 16.9. The predicted octanol–water partition coefficient (Wildman–Crippen LogP) is 6.68. The van der Waals surface area contributed by atoms with Crippen molar-refractivity contribution in [1.29, 1.82) is 0 Å². The van der Waals surface area contributed by atoms with Crippen molar-refractivity contribution in [3.8, 4) is 11.5 Å². The number of rotatable bonds is 7. The third-order valence-corrected chi connectivity index (χ3v) is 4.94. The molecule has 1 atom stereocenters. The van der Waals surface area contributed by atoms with E-state index in [1.54, 1.807) is 24.0 Å². The molecular weight excluding hydrogens is 384 g/mol. The summed E-state index contributed by atoms with van der Waals surface area (Å²) in [5.41, 5.74) is 2.83. The van der Waals surface area contributed by atoms with E-state index in [0.717, 1.165) is 22.7 Å². The average molecular weight is 409 g/mol. The molecule has 4 nitrogen and oxygen atoms in total. The molecule has 3 aromatic carbocycles. The summed E-state index contributed by atoms with van der Waals surface area (Å²) < 4.78 is 6.05. The van der Waals surface area contributed by atoms with Crippen LogP contribution in [-0.4, -0.2) is 12.5 Å². The lowest BCUT2D eigenvalue weighted by molar-refractivity contribution is -0.116. The highest BCUT2D eigenvalue weighted by molar-refractivity contribution is 6.30. The number of halogens is 1. The quantitative estimate of drug-likeness (QED) is 0.474. The smallest absolute Gasteiger partial charge is 0.223 e. The van der Waals surface area contributed by atoms with Gasteiger partial charge in [-0.3, -0.25) is 4.79 Å². The Morgan fingerprint density at radius 2 is 1.69 bits per heavy atom. The van der Waals surface area contributed by atoms with Crippen LogP contribution in [0.5, 0.6) is 11.5 Å². The normalized spacial score (nSPS) is 11.6. The summed E-state index contributed by atoms with van der Waals surface area (Å²) in [7, 11) is 0. The molecule has 0 aliphatic heterocycles. The number of nitrogens with zero attached hydrogens (tertiary/aromatic N) is 1. The third-order valence-electron chi connectivity index (χ3n) is 4.69. The highest BCUT2D eigenvalue weighted by Gasteiger charge is 2.18. The molecule has 0 spiro atoms. The molecule has 0 aliphatic rings. The molecule has 3 rings (SSSR count). The molecule has 0 saturated heterocycles. The first-order chi connectivity index (χ1) is 14.0. The van der Waals surface area contributed by atoms with Crippen molar-refractivity contribution in [1.82, 2.24) is 0 Å². The Morgan fingerprint density at radius 3 is 2.38 bits per heavy atom. The van der Waals surface area contributed by atoms with Gasteiger partial charge in [0.2, 0.25) is 5.91 Å². The number of hydrogen-bond acceptors (Lipinski definition) is 3. The van der Waals surface area contributed by atoms with E-state index in [-0.39, 0.29) is 11.9 Å². The lowest BCUT2D eigenvalue weighted by Gasteiger charge is -2.26. The molecule has 0 saturated carbocycles. The number of hydrogen-bond donors (Lipinski definition) is 1. The monoisotopic (exact) mass is 408 g/mol. The van der Waals surface area contributed by atoms with Crippen molar-refractivity contribution in [3.63, 3.8) is 0 Å². The van der Waals surface area contributed by atoms with Gasteiger partial charge >= 0.3 is 0 Å². The molecule has 1 unspecified atom stereocenters. The second kappa shape index (κ2) is 9.48. The molecule has 1 amide bonds. The van der Waals surface area contributed by atoms with E-state index in [0.29, 0.717) is 17.3 Å². The number of nitrogens with one attached hydrogen (secondary N) is 1. The SMILES string of the molecule is CCN(C(C)=O)c1ccccc1C(C)Nc1ccccc1Oc1ccc(Cl)cc1. The van der Waals surface area contributed by atoms with E-state index in [1.165, 1.54) is 0 Å². The maximum atomic E-state index is 12.1. The van der Waals surface area contributed by atoms with Gasteiger partial charge in [-0.2, -0.15) is 0 Å². The lowest BCUT2D eigenvalue weighted by atomic mass is 10.0. The first-order valence-corrected chi connectivity index (χ1v) is 10.0. The molecule has 0 radical (unpaired) electrons. The van der Waals surface area contributed by atoms with Crippen molar-refractivity contribution in [2.75, 3.05) is 16.8 Å². The maximum Gasteiger partial charge on any atom is 0.223 e. The van der Waals surface area contributed by atoms with Crippen molar-refractivity contribution >= 4 is 28.9 Å². The van der Waals surface area contributed by atoms with Gasteiger partial charge in [-0.1, -0.05) is 41.9 Å². The summed E-state index contributed by atoms with van der Waals surface area (Å²) >= 11 is 5.96. The van der Waals surface area contributed by atoms with Crippen LogP contribution in [0.15, 0.2) is 72.8 Å². The summed E-state index contributed by atoms with van der Waals surface area (Å²) in [6.07, 6.45) is 0. The van der Waals surface area contributed by atoms with Crippen LogP contribution in [-0.2, 0) is 4.79 Å². The van der Waals surface area contributed by atoms with E-state index < -0.39 is 0 Å². The Kier molecular flexibility index (Phi) is 6.78. The Balaban J connectivity index is 1.86. The maximum absolute atomic E-state index is 12.1. The topological polar surface area (TPSA) is 41.6 Å². The van der Waals surface area contributed by atoms with E-state index in [9.17, 15) is 4.79 Å². The fourth-order valence-electron chi connectivity index (χ4n) is 3.28. The summed E-state index contributed by atoms with van der Waals surface area (Å²) in [4.78, 5) is 13.8. The van der Waals surface area contributed by atoms with Crippen molar-refractivity contribution < 1.29 is 9.53 Å². The lowest BCUT2D eigenvalue weighted by Crippen LogP contribution is -2.29. The number of carbonyl (C=O) groups excluding carboxylic acids is 1. The minimum absolute atomic E-state index is 0.0265. The molecule has 1 N–H and O–H groups in total. The van der Waals surface area contributed by atoms with Crippen LogP contribution in [0.4, 0.5) is 11.4 Å². The number of anilines is 2. The fraction of sp³-hybridized carbons (Fsp3) is 0.208. The molecule has 150 valence electrons. The number of carbonyl (C=O) groups is 1. The Hall–Kier alpha value is -2.98. The molecule has 29 heavy (non-hydrogen) atoms.